The van der Waals surface area contributed by atoms with Crippen LogP contribution >= 0.6 is 0 Å². The molecule has 0 aliphatic heterocycles. The maximum Gasteiger partial charge on any atom is 0.0718 e. The van der Waals surface area contributed by atoms with Gasteiger partial charge in [-0.1, -0.05) is 97.6 Å². The molecule has 27 heavy (non-hydrogen) atoms. The van der Waals surface area contributed by atoms with Crippen LogP contribution in [0.2, 0.25) is 0 Å². The minimum absolute atomic E-state index is 0.306. The van der Waals surface area contributed by atoms with E-state index in [0.29, 0.717) is 0 Å². The Morgan fingerprint density at radius 3 is 2.26 bits per heavy atom. The van der Waals surface area contributed by atoms with Gasteiger partial charge in [-0.15, -0.1) is 0 Å². The fraction of sp³-hybridized carbons (Fsp3) is 0.111. The molecule has 0 N–H and O–H groups in total. The fourth-order valence-corrected chi connectivity index (χ4v) is 5.17. The second-order valence-corrected chi connectivity index (χ2v) is 7.53. The molecule has 2 aliphatic carbocycles. The Morgan fingerprint density at radius 1 is 0.778 bits per heavy atom. The van der Waals surface area contributed by atoms with Crippen LogP contribution in [0.1, 0.15) is 27.8 Å². The Labute approximate surface area is 161 Å². The van der Waals surface area contributed by atoms with E-state index in [1.807, 2.05) is 6.08 Å². The molecule has 0 fully saturated rings. The molecule has 2 aliphatic rings. The van der Waals surface area contributed by atoms with E-state index in [9.17, 15) is 0 Å². The van der Waals surface area contributed by atoms with Gasteiger partial charge >= 0.3 is 0 Å². The van der Waals surface area contributed by atoms with Gasteiger partial charge in [-0.2, -0.15) is 0 Å². The van der Waals surface area contributed by atoms with E-state index in [0.717, 1.165) is 6.42 Å². The molecule has 130 valence electrons. The summed E-state index contributed by atoms with van der Waals surface area (Å²) >= 11 is 0. The lowest BCUT2D eigenvalue weighted by Gasteiger charge is -2.40. The van der Waals surface area contributed by atoms with Gasteiger partial charge in [-0.05, 0) is 57.9 Å². The first-order valence-corrected chi connectivity index (χ1v) is 9.49. The summed E-state index contributed by atoms with van der Waals surface area (Å²) in [6, 6.07) is 24.6. The van der Waals surface area contributed by atoms with Crippen LogP contribution in [-0.4, -0.2) is 0 Å². The lowest BCUT2D eigenvalue weighted by Crippen LogP contribution is -2.34. The second kappa shape index (κ2) is 5.69. The van der Waals surface area contributed by atoms with Gasteiger partial charge in [0.1, 0.15) is 0 Å². The van der Waals surface area contributed by atoms with Crippen LogP contribution in [0, 0.1) is 6.92 Å². The van der Waals surface area contributed by atoms with Crippen LogP contribution in [0.3, 0.4) is 0 Å². The number of allylic oxidation sites excluding steroid dienone is 4. The SMILES string of the molecule is C=CC1=C(C=C)C2(c3ccccc3C1)c1ccccc1-c1cc(C)ccc12. The summed E-state index contributed by atoms with van der Waals surface area (Å²) in [6.45, 7) is 10.5. The average Bonchev–Trinajstić information content (AvgIpc) is 2.98. The molecule has 1 spiro atoms. The first-order valence-electron chi connectivity index (χ1n) is 9.49. The van der Waals surface area contributed by atoms with Gasteiger partial charge in [0.05, 0.1) is 5.41 Å². The summed E-state index contributed by atoms with van der Waals surface area (Å²) in [6.07, 6.45) is 4.98. The Balaban J connectivity index is 2.03. The van der Waals surface area contributed by atoms with Crippen LogP contribution in [0.15, 0.2) is 103 Å². The highest BCUT2D eigenvalue weighted by Gasteiger charge is 2.49. The van der Waals surface area contributed by atoms with Crippen LogP contribution in [-0.2, 0) is 11.8 Å². The van der Waals surface area contributed by atoms with Gasteiger partial charge in [0, 0.05) is 0 Å². The van der Waals surface area contributed by atoms with E-state index in [1.165, 1.54) is 50.1 Å². The number of hydrogen-bond acceptors (Lipinski definition) is 0. The predicted octanol–water partition coefficient (Wildman–Crippen LogP) is 6.53. The summed E-state index contributed by atoms with van der Waals surface area (Å²) in [7, 11) is 0. The average molecular weight is 346 g/mol. The minimum atomic E-state index is -0.306. The minimum Gasteiger partial charge on any atom is -0.0988 e. The summed E-state index contributed by atoms with van der Waals surface area (Å²) in [5, 5.41) is 0. The lowest BCUT2D eigenvalue weighted by atomic mass is 9.61. The van der Waals surface area contributed by atoms with Crippen molar-refractivity contribution in [3.8, 4) is 11.1 Å². The first-order chi connectivity index (χ1) is 13.2. The third kappa shape index (κ3) is 1.93. The lowest BCUT2D eigenvalue weighted by molar-refractivity contribution is 0.723. The van der Waals surface area contributed by atoms with Crippen molar-refractivity contribution in [3.63, 3.8) is 0 Å². The predicted molar refractivity (Wildman–Crippen MR) is 114 cm³/mol. The first kappa shape index (κ1) is 16.1. The molecule has 5 rings (SSSR count). The molecule has 0 radical (unpaired) electrons. The highest BCUT2D eigenvalue weighted by molar-refractivity contribution is 5.88. The molecule has 0 nitrogen and oxygen atoms in total. The third-order valence-electron chi connectivity index (χ3n) is 6.20. The van der Waals surface area contributed by atoms with Crippen molar-refractivity contribution in [3.05, 3.63) is 131 Å². The number of aryl methyl sites for hydroxylation is 1. The Bertz CT molecular complexity index is 1140. The summed E-state index contributed by atoms with van der Waals surface area (Å²) in [4.78, 5) is 0. The number of fused-ring (bicyclic) bond motifs is 7. The topological polar surface area (TPSA) is 0 Å². The molecule has 3 aromatic carbocycles. The number of rotatable bonds is 2. The Hall–Kier alpha value is -3.12. The molecule has 0 amide bonds. The van der Waals surface area contributed by atoms with E-state index in [1.54, 1.807) is 0 Å². The molecule has 0 saturated carbocycles. The van der Waals surface area contributed by atoms with E-state index in [2.05, 4.69) is 92.9 Å². The van der Waals surface area contributed by atoms with E-state index < -0.39 is 0 Å². The van der Waals surface area contributed by atoms with E-state index in [-0.39, 0.29) is 5.41 Å². The van der Waals surface area contributed by atoms with Gasteiger partial charge in [0.25, 0.3) is 0 Å². The zero-order valence-corrected chi connectivity index (χ0v) is 15.6. The van der Waals surface area contributed by atoms with Crippen molar-refractivity contribution in [1.82, 2.24) is 0 Å². The van der Waals surface area contributed by atoms with Gasteiger partial charge in [0.15, 0.2) is 0 Å². The second-order valence-electron chi connectivity index (χ2n) is 7.53. The molecule has 1 unspecified atom stereocenters. The third-order valence-corrected chi connectivity index (χ3v) is 6.20. The zero-order valence-electron chi connectivity index (χ0n) is 15.6. The zero-order chi connectivity index (χ0) is 18.6. The Morgan fingerprint density at radius 2 is 1.48 bits per heavy atom. The smallest absolute Gasteiger partial charge is 0.0718 e. The number of hydrogen-bond donors (Lipinski definition) is 0. The van der Waals surface area contributed by atoms with Crippen LogP contribution in [0.25, 0.3) is 11.1 Å². The summed E-state index contributed by atoms with van der Waals surface area (Å²) in [5.41, 5.74) is 11.7. The standard InChI is InChI=1S/C27H22/c1-4-19-17-20-10-6-8-12-24(20)27(23(19)5-2)25-13-9-7-11-21(25)22-16-18(3)14-15-26(22)27/h4-16H,1-2,17H2,3H3. The molecule has 1 atom stereocenters. The monoisotopic (exact) mass is 346 g/mol. The van der Waals surface area contributed by atoms with Crippen molar-refractivity contribution >= 4 is 0 Å². The van der Waals surface area contributed by atoms with Gasteiger partial charge in [0.2, 0.25) is 0 Å². The fourth-order valence-electron chi connectivity index (χ4n) is 5.17. The maximum atomic E-state index is 4.23. The Kier molecular flexibility index (Phi) is 3.39. The molecule has 0 heteroatoms. The summed E-state index contributed by atoms with van der Waals surface area (Å²) < 4.78 is 0. The molecular weight excluding hydrogens is 324 g/mol. The van der Waals surface area contributed by atoms with E-state index >= 15 is 0 Å². The highest BCUT2D eigenvalue weighted by atomic mass is 14.5. The van der Waals surface area contributed by atoms with Crippen molar-refractivity contribution in [2.45, 2.75) is 18.8 Å². The molecule has 0 bridgehead atoms. The maximum absolute atomic E-state index is 4.23. The van der Waals surface area contributed by atoms with Crippen LogP contribution in [0.5, 0.6) is 0 Å². The van der Waals surface area contributed by atoms with Crippen molar-refractivity contribution in [1.29, 1.82) is 0 Å². The highest BCUT2D eigenvalue weighted by Crippen LogP contribution is 2.59. The van der Waals surface area contributed by atoms with Crippen LogP contribution < -0.4 is 0 Å². The van der Waals surface area contributed by atoms with Gasteiger partial charge < -0.3 is 0 Å². The molecule has 0 heterocycles. The summed E-state index contributed by atoms with van der Waals surface area (Å²) in [5.74, 6) is 0. The number of benzene rings is 3. The van der Waals surface area contributed by atoms with E-state index in [4.69, 9.17) is 0 Å². The van der Waals surface area contributed by atoms with Crippen molar-refractivity contribution in [2.75, 3.05) is 0 Å². The largest absolute Gasteiger partial charge is 0.0988 e. The van der Waals surface area contributed by atoms with Crippen molar-refractivity contribution < 1.29 is 0 Å². The molecule has 0 aromatic heterocycles. The molecule has 0 saturated heterocycles. The van der Waals surface area contributed by atoms with Gasteiger partial charge in [-0.25, -0.2) is 0 Å². The van der Waals surface area contributed by atoms with Gasteiger partial charge in [-0.3, -0.25) is 0 Å². The normalized spacial score (nSPS) is 19.4. The van der Waals surface area contributed by atoms with Crippen LogP contribution in [0.4, 0.5) is 0 Å². The van der Waals surface area contributed by atoms with Crippen molar-refractivity contribution in [2.24, 2.45) is 0 Å². The quantitative estimate of drug-likeness (QED) is 0.494. The molecular formula is C27H22. The molecule has 3 aromatic rings.